The van der Waals surface area contributed by atoms with E-state index in [0.29, 0.717) is 43.6 Å². The van der Waals surface area contributed by atoms with Crippen molar-refractivity contribution in [3.8, 4) is 11.4 Å². The third-order valence-electron chi connectivity index (χ3n) is 6.13. The molecule has 5 rings (SSSR count). The van der Waals surface area contributed by atoms with Gasteiger partial charge >= 0.3 is 5.95 Å². The van der Waals surface area contributed by atoms with Gasteiger partial charge in [-0.15, -0.1) is 0 Å². The average Bonchev–Trinajstić information content (AvgIpc) is 3.38. The summed E-state index contributed by atoms with van der Waals surface area (Å²) < 4.78 is 6.68. The molecule has 4 heterocycles. The highest BCUT2D eigenvalue weighted by Crippen LogP contribution is 2.42. The molecule has 4 aromatic rings. The van der Waals surface area contributed by atoms with Crippen LogP contribution >= 0.6 is 11.3 Å². The summed E-state index contributed by atoms with van der Waals surface area (Å²) in [6.07, 6.45) is 2.74. The molecule has 37 heavy (non-hydrogen) atoms. The first-order valence-electron chi connectivity index (χ1n) is 11.4. The van der Waals surface area contributed by atoms with Gasteiger partial charge < -0.3 is 15.4 Å². The molecular weight excluding hydrogens is 496 g/mol. The molecule has 0 bridgehead atoms. The Kier molecular flexibility index (Phi) is 6.52. The van der Waals surface area contributed by atoms with Gasteiger partial charge in [-0.2, -0.15) is 9.97 Å². The summed E-state index contributed by atoms with van der Waals surface area (Å²) in [6.45, 7) is 2.62. The van der Waals surface area contributed by atoms with Crippen LogP contribution in [0.4, 0.5) is 16.8 Å². The zero-order valence-electron chi connectivity index (χ0n) is 20.2. The molecule has 0 radical (unpaired) electrons. The van der Waals surface area contributed by atoms with Crippen molar-refractivity contribution in [2.45, 2.75) is 0 Å². The summed E-state index contributed by atoms with van der Waals surface area (Å²) in [4.78, 5) is 43.8. The van der Waals surface area contributed by atoms with Gasteiger partial charge in [0.25, 0.3) is 5.91 Å². The Morgan fingerprint density at radius 1 is 1.08 bits per heavy atom. The number of morpholine rings is 1. The second-order valence-corrected chi connectivity index (χ2v) is 9.91. The van der Waals surface area contributed by atoms with Crippen molar-refractivity contribution in [2.24, 2.45) is 5.73 Å². The van der Waals surface area contributed by atoms with Crippen LogP contribution < -0.4 is 20.6 Å². The molecule has 1 fully saturated rings. The third-order valence-corrected chi connectivity index (χ3v) is 7.51. The van der Waals surface area contributed by atoms with Crippen molar-refractivity contribution in [1.29, 1.82) is 0 Å². The summed E-state index contributed by atoms with van der Waals surface area (Å²) >= 11 is 1.55. The maximum absolute atomic E-state index is 11.7. The molecule has 1 aliphatic heterocycles. The van der Waals surface area contributed by atoms with Gasteiger partial charge in [-0.3, -0.25) is 14.8 Å². The highest BCUT2D eigenvalue weighted by atomic mass is 32.1. The summed E-state index contributed by atoms with van der Waals surface area (Å²) in [7, 11) is 3.88. The number of thiophene rings is 1. The lowest BCUT2D eigenvalue weighted by Crippen LogP contribution is -2.37. The van der Waals surface area contributed by atoms with Crippen molar-refractivity contribution in [3.05, 3.63) is 53.9 Å². The highest BCUT2D eigenvalue weighted by molar-refractivity contribution is 7.23. The Balaban J connectivity index is 1.59. The van der Waals surface area contributed by atoms with Crippen molar-refractivity contribution < 1.29 is 19.5 Å². The third kappa shape index (κ3) is 4.72. The fourth-order valence-electron chi connectivity index (χ4n) is 3.97. The van der Waals surface area contributed by atoms with Crippen LogP contribution in [-0.2, 0) is 4.74 Å². The number of anilines is 1. The number of nitrogens with zero attached hydrogens (tertiary/aromatic N) is 6. The minimum atomic E-state index is -0.680. The summed E-state index contributed by atoms with van der Waals surface area (Å²) in [5.41, 5.74) is 9.07. The predicted octanol–water partition coefficient (Wildman–Crippen LogP) is 2.10. The Morgan fingerprint density at radius 2 is 1.76 bits per heavy atom. The SMILES string of the molecule is C[N+](C)(c1ncc(C(=O)NO)cn1)c1cc2nc(-c3ccc(C(N)=O)cc3)nc(N3CCOCC3)c2s1. The van der Waals surface area contributed by atoms with Crippen LogP contribution in [0.2, 0.25) is 0 Å². The number of carbonyl (C=O) groups excluding carboxylic acids is 2. The zero-order valence-corrected chi connectivity index (χ0v) is 21.0. The van der Waals surface area contributed by atoms with Gasteiger partial charge in [-0.25, -0.2) is 19.9 Å². The van der Waals surface area contributed by atoms with Crippen molar-refractivity contribution in [2.75, 3.05) is 45.3 Å². The Morgan fingerprint density at radius 3 is 2.38 bits per heavy atom. The Labute approximate surface area is 215 Å². The minimum Gasteiger partial charge on any atom is -0.378 e. The van der Waals surface area contributed by atoms with E-state index in [4.69, 9.17) is 25.6 Å². The number of quaternary nitrogens is 1. The van der Waals surface area contributed by atoms with Crippen LogP contribution in [0, 0.1) is 0 Å². The fraction of sp³-hybridized carbons (Fsp3) is 0.250. The van der Waals surface area contributed by atoms with Crippen molar-refractivity contribution >= 4 is 50.1 Å². The van der Waals surface area contributed by atoms with Crippen molar-refractivity contribution in [3.63, 3.8) is 0 Å². The smallest absolute Gasteiger partial charge is 0.334 e. The standard InChI is InChI=1S/C24H24N8O4S/c1-32(2,24-26-12-16(13-27-24)23(34)30-35)18-11-17-19(37-18)22(31-7-9-36-10-8-31)29-21(28-17)15-5-3-14(4-6-15)20(25)33/h3-6,11-13H,7-10H2,1-2H3,(H3-,25,28,29,30,33,34,35)/p+1. The molecule has 0 unspecified atom stereocenters. The largest absolute Gasteiger partial charge is 0.378 e. The minimum absolute atomic E-state index is 0.148. The van der Waals surface area contributed by atoms with E-state index in [9.17, 15) is 9.59 Å². The van der Waals surface area contributed by atoms with Crippen LogP contribution in [-0.4, -0.2) is 77.4 Å². The first-order valence-corrected chi connectivity index (χ1v) is 12.3. The number of hydrogen-bond acceptors (Lipinski definition) is 10. The Bertz CT molecular complexity index is 1460. The Hall–Kier alpha value is -4.04. The highest BCUT2D eigenvalue weighted by Gasteiger charge is 2.31. The first-order chi connectivity index (χ1) is 17.8. The molecule has 0 saturated carbocycles. The number of fused-ring (bicyclic) bond motifs is 1. The number of nitrogens with one attached hydrogen (secondary N) is 1. The second-order valence-electron chi connectivity index (χ2n) is 8.88. The number of amides is 2. The molecule has 0 aliphatic carbocycles. The number of rotatable bonds is 6. The van der Waals surface area contributed by atoms with Gasteiger partial charge in [0.2, 0.25) is 5.91 Å². The van der Waals surface area contributed by atoms with Crippen LogP contribution in [0.5, 0.6) is 0 Å². The van der Waals surface area contributed by atoms with E-state index >= 15 is 0 Å². The van der Waals surface area contributed by atoms with Gasteiger partial charge in [-0.1, -0.05) is 23.5 Å². The number of benzene rings is 1. The molecule has 13 heteroatoms. The number of hydrogen-bond donors (Lipinski definition) is 3. The van der Waals surface area contributed by atoms with Gasteiger partial charge in [0.15, 0.2) is 16.6 Å². The van der Waals surface area contributed by atoms with Crippen LogP contribution in [0.15, 0.2) is 42.7 Å². The lowest BCUT2D eigenvalue weighted by Gasteiger charge is -2.28. The number of aromatic nitrogens is 4. The van der Waals surface area contributed by atoms with Gasteiger partial charge in [0.1, 0.15) is 4.70 Å². The quantitative estimate of drug-likeness (QED) is 0.196. The molecule has 2 amide bonds. The average molecular weight is 522 g/mol. The fourth-order valence-corrected chi connectivity index (χ4v) is 5.13. The van der Waals surface area contributed by atoms with E-state index < -0.39 is 11.8 Å². The number of primary amides is 1. The summed E-state index contributed by atoms with van der Waals surface area (Å²) in [5, 5.41) is 9.77. The molecule has 1 aliphatic rings. The van der Waals surface area contributed by atoms with E-state index in [1.807, 2.05) is 20.2 Å². The maximum Gasteiger partial charge on any atom is 0.334 e. The predicted molar refractivity (Wildman–Crippen MR) is 139 cm³/mol. The summed E-state index contributed by atoms with van der Waals surface area (Å²) in [6, 6.07) is 8.89. The number of carbonyl (C=O) groups is 2. The lowest BCUT2D eigenvalue weighted by atomic mass is 10.1. The molecule has 1 saturated heterocycles. The van der Waals surface area contributed by atoms with Crippen LogP contribution in [0.25, 0.3) is 21.6 Å². The zero-order chi connectivity index (χ0) is 26.2. The molecule has 0 atom stereocenters. The number of hydroxylamine groups is 1. The topological polar surface area (TPSA) is 156 Å². The lowest BCUT2D eigenvalue weighted by molar-refractivity contribution is 0.0705. The molecule has 0 spiro atoms. The molecule has 1 aromatic carbocycles. The van der Waals surface area contributed by atoms with Crippen molar-refractivity contribution in [1.82, 2.24) is 29.9 Å². The molecular formula is C24H25N8O4S+. The molecule has 190 valence electrons. The van der Waals surface area contributed by atoms with E-state index in [0.717, 1.165) is 26.6 Å². The van der Waals surface area contributed by atoms with Gasteiger partial charge in [0, 0.05) is 42.7 Å². The first kappa shape index (κ1) is 24.6. The second kappa shape index (κ2) is 9.78. The van der Waals surface area contributed by atoms with Crippen LogP contribution in [0.1, 0.15) is 20.7 Å². The van der Waals surface area contributed by atoms with Gasteiger partial charge in [0.05, 0.1) is 38.4 Å². The van der Waals surface area contributed by atoms with E-state index in [1.54, 1.807) is 41.1 Å². The normalized spacial score (nSPS) is 14.1. The molecule has 4 N–H and O–H groups in total. The van der Waals surface area contributed by atoms with E-state index in [-0.39, 0.29) is 10.0 Å². The monoisotopic (exact) mass is 521 g/mol. The van der Waals surface area contributed by atoms with E-state index in [2.05, 4.69) is 14.9 Å². The summed E-state index contributed by atoms with van der Waals surface area (Å²) in [5.74, 6) is 0.640. The van der Waals surface area contributed by atoms with Gasteiger partial charge in [-0.05, 0) is 12.1 Å². The number of nitrogens with two attached hydrogens (primary N) is 1. The number of ether oxygens (including phenoxy) is 1. The van der Waals surface area contributed by atoms with Crippen LogP contribution in [0.3, 0.4) is 0 Å². The van der Waals surface area contributed by atoms with E-state index in [1.165, 1.54) is 12.4 Å². The maximum atomic E-state index is 11.7. The molecule has 12 nitrogen and oxygen atoms in total. The molecule has 3 aromatic heterocycles.